The molecule has 1 aliphatic rings. The van der Waals surface area contributed by atoms with E-state index in [2.05, 4.69) is 0 Å². The van der Waals surface area contributed by atoms with Gasteiger partial charge in [-0.25, -0.2) is 9.18 Å². The number of aromatic nitrogens is 1. The summed E-state index contributed by atoms with van der Waals surface area (Å²) < 4.78 is 39.3. The molecule has 0 saturated heterocycles. The summed E-state index contributed by atoms with van der Waals surface area (Å²) in [4.78, 5) is 24.3. The van der Waals surface area contributed by atoms with Gasteiger partial charge in [-0.1, -0.05) is 0 Å². The number of carbonyl (C=O) groups excluding carboxylic acids is 1. The van der Waals surface area contributed by atoms with Crippen molar-refractivity contribution < 1.29 is 23.0 Å². The number of esters is 1. The lowest BCUT2D eigenvalue weighted by Gasteiger charge is -2.26. The highest BCUT2D eigenvalue weighted by Gasteiger charge is 2.28. The largest absolute Gasteiger partial charge is 0.483 e. The molecule has 2 aromatic rings. The molecule has 1 aliphatic heterocycles. The van der Waals surface area contributed by atoms with Gasteiger partial charge < -0.3 is 14.0 Å². The lowest BCUT2D eigenvalue weighted by atomic mass is 10.1. The van der Waals surface area contributed by atoms with Crippen LogP contribution >= 0.6 is 0 Å². The number of hydrogen-bond acceptors (Lipinski definition) is 4. The van der Waals surface area contributed by atoms with E-state index in [4.69, 9.17) is 9.47 Å². The van der Waals surface area contributed by atoms with Crippen molar-refractivity contribution in [3.63, 3.8) is 0 Å². The van der Waals surface area contributed by atoms with Crippen LogP contribution in [0.5, 0.6) is 5.75 Å². The number of pyridine rings is 1. The third-order valence-corrected chi connectivity index (χ3v) is 3.48. The third-order valence-electron chi connectivity index (χ3n) is 3.48. The zero-order chi connectivity index (χ0) is 16.0. The standard InChI is InChI=1S/C15H13F2NO4/c1-3-21-15(20)9-6-18-5-7(2)22-14-11(17)10(16)4-8(12(14)18)13(9)19/h4,6-7H,3,5H2,1-2H3/t7-/m0/s1. The van der Waals surface area contributed by atoms with Crippen LogP contribution in [0.25, 0.3) is 10.9 Å². The molecule has 5 nitrogen and oxygen atoms in total. The van der Waals surface area contributed by atoms with E-state index in [0.717, 1.165) is 6.07 Å². The Balaban J connectivity index is 2.38. The highest BCUT2D eigenvalue weighted by molar-refractivity contribution is 5.95. The Morgan fingerprint density at radius 1 is 1.50 bits per heavy atom. The average Bonchev–Trinajstić information content (AvgIpc) is 2.47. The van der Waals surface area contributed by atoms with Crippen LogP contribution in [0.3, 0.4) is 0 Å². The second kappa shape index (κ2) is 5.08. The van der Waals surface area contributed by atoms with Gasteiger partial charge in [-0.05, 0) is 19.9 Å². The lowest BCUT2D eigenvalue weighted by molar-refractivity contribution is 0.0523. The number of ether oxygens (including phenoxy) is 2. The van der Waals surface area contributed by atoms with E-state index in [1.165, 1.54) is 10.8 Å². The van der Waals surface area contributed by atoms with Crippen LogP contribution in [0.1, 0.15) is 24.2 Å². The number of benzene rings is 1. The van der Waals surface area contributed by atoms with Gasteiger partial charge in [0.2, 0.25) is 11.2 Å². The van der Waals surface area contributed by atoms with Crippen molar-refractivity contribution in [1.82, 2.24) is 4.57 Å². The van der Waals surface area contributed by atoms with Crippen molar-refractivity contribution in [2.45, 2.75) is 26.5 Å². The molecule has 0 bridgehead atoms. The molecular weight excluding hydrogens is 296 g/mol. The minimum Gasteiger partial charge on any atom is -0.483 e. The van der Waals surface area contributed by atoms with Crippen molar-refractivity contribution in [2.75, 3.05) is 6.61 Å². The van der Waals surface area contributed by atoms with E-state index < -0.39 is 29.1 Å². The first kappa shape index (κ1) is 14.5. The Morgan fingerprint density at radius 2 is 2.23 bits per heavy atom. The lowest BCUT2D eigenvalue weighted by Crippen LogP contribution is -2.30. The molecule has 0 saturated carbocycles. The third kappa shape index (κ3) is 2.04. The predicted molar refractivity (Wildman–Crippen MR) is 74.2 cm³/mol. The molecule has 7 heteroatoms. The highest BCUT2D eigenvalue weighted by Crippen LogP contribution is 2.33. The fourth-order valence-corrected chi connectivity index (χ4v) is 2.60. The van der Waals surface area contributed by atoms with Crippen molar-refractivity contribution in [2.24, 2.45) is 0 Å². The molecule has 116 valence electrons. The maximum Gasteiger partial charge on any atom is 0.343 e. The molecule has 0 fully saturated rings. The van der Waals surface area contributed by atoms with E-state index in [9.17, 15) is 18.4 Å². The monoisotopic (exact) mass is 309 g/mol. The van der Waals surface area contributed by atoms with Gasteiger partial charge >= 0.3 is 5.97 Å². The summed E-state index contributed by atoms with van der Waals surface area (Å²) in [6.45, 7) is 3.71. The summed E-state index contributed by atoms with van der Waals surface area (Å²) in [6, 6.07) is 0.787. The van der Waals surface area contributed by atoms with Crippen LogP contribution in [0.2, 0.25) is 0 Å². The van der Waals surface area contributed by atoms with Gasteiger partial charge in [0.05, 0.1) is 24.1 Å². The first-order valence-corrected chi connectivity index (χ1v) is 6.83. The minimum absolute atomic E-state index is 0.105. The zero-order valence-electron chi connectivity index (χ0n) is 12.0. The van der Waals surface area contributed by atoms with Crippen LogP contribution in [-0.2, 0) is 11.3 Å². The molecule has 2 heterocycles. The van der Waals surface area contributed by atoms with Gasteiger partial charge in [-0.15, -0.1) is 0 Å². The fraction of sp³-hybridized carbons (Fsp3) is 0.333. The van der Waals surface area contributed by atoms with E-state index >= 15 is 0 Å². The van der Waals surface area contributed by atoms with Gasteiger partial charge in [0.1, 0.15) is 11.7 Å². The molecule has 0 amide bonds. The molecule has 1 aromatic heterocycles. The van der Waals surface area contributed by atoms with Crippen molar-refractivity contribution >= 4 is 16.9 Å². The summed E-state index contributed by atoms with van der Waals surface area (Å²) in [6.07, 6.45) is 0.882. The summed E-state index contributed by atoms with van der Waals surface area (Å²) in [5.41, 5.74) is -0.765. The van der Waals surface area contributed by atoms with Gasteiger partial charge in [-0.2, -0.15) is 4.39 Å². The zero-order valence-corrected chi connectivity index (χ0v) is 12.0. The van der Waals surface area contributed by atoms with Crippen LogP contribution in [0, 0.1) is 11.6 Å². The van der Waals surface area contributed by atoms with Crippen LogP contribution in [-0.4, -0.2) is 23.2 Å². The molecule has 0 spiro atoms. The van der Waals surface area contributed by atoms with Gasteiger partial charge in [0.15, 0.2) is 11.6 Å². The molecule has 1 aromatic carbocycles. The number of nitrogens with zero attached hydrogens (tertiary/aromatic N) is 1. The summed E-state index contributed by atoms with van der Waals surface area (Å²) in [5, 5.41) is -0.105. The molecule has 22 heavy (non-hydrogen) atoms. The highest BCUT2D eigenvalue weighted by atomic mass is 19.2. The molecular formula is C15H13F2NO4. The SMILES string of the molecule is CCOC(=O)c1cn2c3c(c(F)c(F)cc3c1=O)O[C@@H](C)C2. The maximum absolute atomic E-state index is 13.9. The molecule has 0 unspecified atom stereocenters. The maximum atomic E-state index is 13.9. The number of halogens is 2. The van der Waals surface area contributed by atoms with Gasteiger partial charge in [0.25, 0.3) is 0 Å². The van der Waals surface area contributed by atoms with Crippen molar-refractivity contribution in [3.05, 3.63) is 39.7 Å². The topological polar surface area (TPSA) is 57.5 Å². The summed E-state index contributed by atoms with van der Waals surface area (Å²) in [7, 11) is 0. The number of carbonyl (C=O) groups is 1. The van der Waals surface area contributed by atoms with Crippen molar-refractivity contribution in [1.29, 1.82) is 0 Å². The quantitative estimate of drug-likeness (QED) is 0.798. The van der Waals surface area contributed by atoms with E-state index in [-0.39, 0.29) is 28.8 Å². The Morgan fingerprint density at radius 3 is 2.91 bits per heavy atom. The summed E-state index contributed by atoms with van der Waals surface area (Å²) in [5.74, 6) is -3.43. The minimum atomic E-state index is -1.19. The van der Waals surface area contributed by atoms with E-state index in [1.54, 1.807) is 13.8 Å². The van der Waals surface area contributed by atoms with Gasteiger partial charge in [0, 0.05) is 6.20 Å². The smallest absolute Gasteiger partial charge is 0.343 e. The van der Waals surface area contributed by atoms with Gasteiger partial charge in [-0.3, -0.25) is 4.79 Å². The van der Waals surface area contributed by atoms with Crippen LogP contribution < -0.4 is 10.2 Å². The molecule has 0 aliphatic carbocycles. The number of rotatable bonds is 2. The first-order valence-electron chi connectivity index (χ1n) is 6.83. The number of hydrogen-bond donors (Lipinski definition) is 0. The predicted octanol–water partition coefficient (Wildman–Crippen LogP) is 2.24. The van der Waals surface area contributed by atoms with E-state index in [0.29, 0.717) is 6.54 Å². The molecule has 3 rings (SSSR count). The van der Waals surface area contributed by atoms with E-state index in [1.807, 2.05) is 0 Å². The molecule has 1 atom stereocenters. The second-order valence-electron chi connectivity index (χ2n) is 5.07. The fourth-order valence-electron chi connectivity index (χ4n) is 2.60. The molecule has 0 N–H and O–H groups in total. The van der Waals surface area contributed by atoms with Crippen molar-refractivity contribution in [3.8, 4) is 5.75 Å². The second-order valence-corrected chi connectivity index (χ2v) is 5.07. The Bertz CT molecular complexity index is 844. The average molecular weight is 309 g/mol. The van der Waals surface area contributed by atoms with Crippen LogP contribution in [0.15, 0.2) is 17.1 Å². The Hall–Kier alpha value is -2.44. The normalized spacial score (nSPS) is 16.5. The first-order chi connectivity index (χ1) is 10.4. The van der Waals surface area contributed by atoms with Crippen LogP contribution in [0.4, 0.5) is 8.78 Å². The molecule has 0 radical (unpaired) electrons. The Labute approximate surface area is 124 Å². The Kier molecular flexibility index (Phi) is 3.35. The summed E-state index contributed by atoms with van der Waals surface area (Å²) >= 11 is 0.